The predicted molar refractivity (Wildman–Crippen MR) is 93.7 cm³/mol. The molecule has 134 valence electrons. The van der Waals surface area contributed by atoms with Gasteiger partial charge in [-0.2, -0.15) is 8.70 Å². The minimum absolute atomic E-state index is 0.0554. The Kier molecular flexibility index (Phi) is 6.10. The Bertz CT molecular complexity index is 886. The van der Waals surface area contributed by atoms with Gasteiger partial charge in [-0.1, -0.05) is 25.4 Å². The molecule has 0 bridgehead atoms. The summed E-state index contributed by atoms with van der Waals surface area (Å²) >= 11 is 6.04. The molecule has 25 heavy (non-hydrogen) atoms. The standard InChI is InChI=1S/C16H17ClFN3O3S/c1-3-21(4-2)25(23,24)14-10-12(5-6-13(14)17)20-16(22)11-7-8-19-15(18)9-11/h5-10H,3-4H2,1-2H3,(H,20,22). The lowest BCUT2D eigenvalue weighted by Crippen LogP contribution is -2.30. The number of sulfonamides is 1. The molecule has 1 heterocycles. The average molecular weight is 386 g/mol. The molecule has 1 aromatic heterocycles. The second-order valence-electron chi connectivity index (χ2n) is 5.06. The summed E-state index contributed by atoms with van der Waals surface area (Å²) < 4.78 is 39.7. The van der Waals surface area contributed by atoms with Crippen molar-refractivity contribution in [2.45, 2.75) is 18.7 Å². The highest BCUT2D eigenvalue weighted by Crippen LogP contribution is 2.28. The lowest BCUT2D eigenvalue weighted by atomic mass is 10.2. The summed E-state index contributed by atoms with van der Waals surface area (Å²) in [6.07, 6.45) is 1.17. The van der Waals surface area contributed by atoms with Crippen LogP contribution in [-0.2, 0) is 10.0 Å². The maximum absolute atomic E-state index is 13.1. The van der Waals surface area contributed by atoms with Crippen LogP contribution in [0.15, 0.2) is 41.4 Å². The number of aromatic nitrogens is 1. The molecular weight excluding hydrogens is 369 g/mol. The molecule has 0 spiro atoms. The summed E-state index contributed by atoms with van der Waals surface area (Å²) in [5, 5.41) is 2.58. The van der Waals surface area contributed by atoms with Gasteiger partial charge in [-0.3, -0.25) is 4.79 Å². The predicted octanol–water partition coefficient (Wildman–Crippen LogP) is 3.16. The van der Waals surface area contributed by atoms with Gasteiger partial charge in [0.05, 0.1) is 5.02 Å². The molecule has 0 unspecified atom stereocenters. The first kappa shape index (κ1) is 19.3. The van der Waals surface area contributed by atoms with Crippen molar-refractivity contribution in [2.75, 3.05) is 18.4 Å². The summed E-state index contributed by atoms with van der Waals surface area (Å²) in [6, 6.07) is 6.48. The lowest BCUT2D eigenvalue weighted by Gasteiger charge is -2.19. The normalized spacial score (nSPS) is 11.6. The maximum Gasteiger partial charge on any atom is 0.255 e. The summed E-state index contributed by atoms with van der Waals surface area (Å²) in [4.78, 5) is 15.4. The van der Waals surface area contributed by atoms with Gasteiger partial charge in [0.25, 0.3) is 5.91 Å². The van der Waals surface area contributed by atoms with Crippen LogP contribution in [0, 0.1) is 5.95 Å². The van der Waals surface area contributed by atoms with Gasteiger partial charge in [-0.05, 0) is 24.3 Å². The molecular formula is C16H17ClFN3O3S. The van der Waals surface area contributed by atoms with E-state index < -0.39 is 21.9 Å². The summed E-state index contributed by atoms with van der Waals surface area (Å²) in [6.45, 7) is 4.03. The number of pyridine rings is 1. The molecule has 0 aliphatic rings. The summed E-state index contributed by atoms with van der Waals surface area (Å²) in [7, 11) is -3.78. The van der Waals surface area contributed by atoms with E-state index >= 15 is 0 Å². The fourth-order valence-electron chi connectivity index (χ4n) is 2.23. The number of carbonyl (C=O) groups is 1. The minimum Gasteiger partial charge on any atom is -0.322 e. The molecule has 2 rings (SSSR count). The van der Waals surface area contributed by atoms with E-state index in [1.54, 1.807) is 13.8 Å². The second-order valence-corrected chi connectivity index (χ2v) is 7.37. The number of benzene rings is 1. The van der Waals surface area contributed by atoms with Gasteiger partial charge in [0.2, 0.25) is 16.0 Å². The van der Waals surface area contributed by atoms with E-state index in [9.17, 15) is 17.6 Å². The third-order valence-electron chi connectivity index (χ3n) is 3.50. The van der Waals surface area contributed by atoms with E-state index in [2.05, 4.69) is 10.3 Å². The molecule has 0 fully saturated rings. The van der Waals surface area contributed by atoms with E-state index in [1.165, 1.54) is 34.8 Å². The third kappa shape index (κ3) is 4.33. The number of halogens is 2. The highest BCUT2D eigenvalue weighted by molar-refractivity contribution is 7.89. The average Bonchev–Trinajstić information content (AvgIpc) is 2.57. The summed E-state index contributed by atoms with van der Waals surface area (Å²) in [5.74, 6) is -1.37. The van der Waals surface area contributed by atoms with E-state index in [0.717, 1.165) is 6.07 Å². The Balaban J connectivity index is 2.34. The van der Waals surface area contributed by atoms with E-state index in [1.807, 2.05) is 0 Å². The molecule has 2 aromatic rings. The number of nitrogens with zero attached hydrogens (tertiary/aromatic N) is 2. The van der Waals surface area contributed by atoms with E-state index in [4.69, 9.17) is 11.6 Å². The van der Waals surface area contributed by atoms with Gasteiger partial charge in [0.15, 0.2) is 0 Å². The first-order valence-electron chi connectivity index (χ1n) is 7.52. The lowest BCUT2D eigenvalue weighted by molar-refractivity contribution is 0.102. The first-order valence-corrected chi connectivity index (χ1v) is 9.34. The van der Waals surface area contributed by atoms with Crippen molar-refractivity contribution in [3.05, 3.63) is 53.1 Å². The Morgan fingerprint density at radius 2 is 1.92 bits per heavy atom. The molecule has 0 aliphatic heterocycles. The van der Waals surface area contributed by atoms with Gasteiger partial charge in [-0.25, -0.2) is 13.4 Å². The van der Waals surface area contributed by atoms with Crippen LogP contribution in [0.4, 0.5) is 10.1 Å². The van der Waals surface area contributed by atoms with Crippen LogP contribution >= 0.6 is 11.6 Å². The Morgan fingerprint density at radius 1 is 1.24 bits per heavy atom. The quantitative estimate of drug-likeness (QED) is 0.774. The fourth-order valence-corrected chi connectivity index (χ4v) is 4.19. The number of anilines is 1. The van der Waals surface area contributed by atoms with E-state index in [0.29, 0.717) is 13.1 Å². The van der Waals surface area contributed by atoms with Crippen molar-refractivity contribution in [1.82, 2.24) is 9.29 Å². The summed E-state index contributed by atoms with van der Waals surface area (Å²) in [5.41, 5.74) is 0.299. The molecule has 1 aromatic carbocycles. The van der Waals surface area contributed by atoms with E-state index in [-0.39, 0.29) is 21.2 Å². The van der Waals surface area contributed by atoms with Crippen molar-refractivity contribution in [3.63, 3.8) is 0 Å². The zero-order valence-electron chi connectivity index (χ0n) is 13.7. The fraction of sp³-hybridized carbons (Fsp3) is 0.250. The van der Waals surface area contributed by atoms with Gasteiger partial charge in [-0.15, -0.1) is 0 Å². The molecule has 0 aliphatic carbocycles. The molecule has 9 heteroatoms. The monoisotopic (exact) mass is 385 g/mol. The van der Waals surface area contributed by atoms with Crippen molar-refractivity contribution < 1.29 is 17.6 Å². The van der Waals surface area contributed by atoms with Crippen molar-refractivity contribution in [3.8, 4) is 0 Å². The van der Waals surface area contributed by atoms with Gasteiger partial charge < -0.3 is 5.32 Å². The van der Waals surface area contributed by atoms with Crippen LogP contribution in [0.25, 0.3) is 0 Å². The van der Waals surface area contributed by atoms with Crippen molar-refractivity contribution >= 4 is 33.2 Å². The highest BCUT2D eigenvalue weighted by atomic mass is 35.5. The van der Waals surface area contributed by atoms with Gasteiger partial charge in [0, 0.05) is 36.6 Å². The molecule has 1 amide bonds. The molecule has 0 atom stereocenters. The molecule has 6 nitrogen and oxygen atoms in total. The van der Waals surface area contributed by atoms with Crippen molar-refractivity contribution in [2.24, 2.45) is 0 Å². The van der Waals surface area contributed by atoms with Crippen LogP contribution in [0.1, 0.15) is 24.2 Å². The Hall–Kier alpha value is -2.03. The van der Waals surface area contributed by atoms with Crippen LogP contribution in [0.2, 0.25) is 5.02 Å². The molecule has 0 saturated heterocycles. The number of carbonyl (C=O) groups excluding carboxylic acids is 1. The third-order valence-corrected chi connectivity index (χ3v) is 6.03. The highest BCUT2D eigenvalue weighted by Gasteiger charge is 2.25. The Morgan fingerprint density at radius 3 is 2.52 bits per heavy atom. The number of rotatable bonds is 6. The number of hydrogen-bond acceptors (Lipinski definition) is 4. The zero-order valence-corrected chi connectivity index (χ0v) is 15.2. The topological polar surface area (TPSA) is 79.4 Å². The number of hydrogen-bond donors (Lipinski definition) is 1. The maximum atomic E-state index is 13.1. The van der Waals surface area contributed by atoms with Crippen LogP contribution in [0.5, 0.6) is 0 Å². The first-order chi connectivity index (χ1) is 11.8. The number of amides is 1. The van der Waals surface area contributed by atoms with Gasteiger partial charge >= 0.3 is 0 Å². The van der Waals surface area contributed by atoms with Crippen molar-refractivity contribution in [1.29, 1.82) is 0 Å². The van der Waals surface area contributed by atoms with Gasteiger partial charge in [0.1, 0.15) is 4.90 Å². The minimum atomic E-state index is -3.78. The smallest absolute Gasteiger partial charge is 0.255 e. The largest absolute Gasteiger partial charge is 0.322 e. The van der Waals surface area contributed by atoms with Crippen LogP contribution < -0.4 is 5.32 Å². The molecule has 1 N–H and O–H groups in total. The zero-order chi connectivity index (χ0) is 18.6. The molecule has 0 saturated carbocycles. The van der Waals surface area contributed by atoms with Crippen LogP contribution in [-0.4, -0.2) is 36.7 Å². The second kappa shape index (κ2) is 7.90. The Labute approximate surface area is 150 Å². The molecule has 0 radical (unpaired) electrons. The number of nitrogens with one attached hydrogen (secondary N) is 1. The van der Waals surface area contributed by atoms with Crippen LogP contribution in [0.3, 0.4) is 0 Å². The SMILES string of the molecule is CCN(CC)S(=O)(=O)c1cc(NC(=O)c2ccnc(F)c2)ccc1Cl.